The van der Waals surface area contributed by atoms with E-state index in [1.807, 2.05) is 25.1 Å². The summed E-state index contributed by atoms with van der Waals surface area (Å²) in [6.45, 7) is 8.07. The molecular weight excluding hydrogens is 302 g/mol. The summed E-state index contributed by atoms with van der Waals surface area (Å²) in [7, 11) is 3.83. The van der Waals surface area contributed by atoms with Gasteiger partial charge >= 0.3 is 0 Å². The van der Waals surface area contributed by atoms with Gasteiger partial charge < -0.3 is 19.9 Å². The standard InChI is InChI=1S/C18H25N5O/c1-13-5-6-16(24-4)15(11-13)21-17-12-18(20-14(2)19-17)23-9-7-22(3)8-10-23/h5-6,11-12H,7-10H2,1-4H3,(H,19,20,21). The van der Waals surface area contributed by atoms with Crippen molar-refractivity contribution in [2.75, 3.05) is 50.6 Å². The Morgan fingerprint density at radius 3 is 2.50 bits per heavy atom. The maximum absolute atomic E-state index is 5.44. The van der Waals surface area contributed by atoms with Crippen LogP contribution in [-0.4, -0.2) is 55.2 Å². The Hall–Kier alpha value is -2.34. The van der Waals surface area contributed by atoms with Crippen LogP contribution in [0.4, 0.5) is 17.3 Å². The van der Waals surface area contributed by atoms with Crippen molar-refractivity contribution in [2.24, 2.45) is 0 Å². The Morgan fingerprint density at radius 1 is 1.04 bits per heavy atom. The van der Waals surface area contributed by atoms with Crippen molar-refractivity contribution < 1.29 is 4.74 Å². The minimum absolute atomic E-state index is 0.764. The molecule has 1 aromatic heterocycles. The largest absolute Gasteiger partial charge is 0.495 e. The van der Waals surface area contributed by atoms with Gasteiger partial charge in [0.05, 0.1) is 12.8 Å². The molecule has 24 heavy (non-hydrogen) atoms. The minimum Gasteiger partial charge on any atom is -0.495 e. The summed E-state index contributed by atoms with van der Waals surface area (Å²) in [5.41, 5.74) is 2.09. The number of hydrogen-bond donors (Lipinski definition) is 1. The third-order valence-corrected chi connectivity index (χ3v) is 4.27. The molecule has 1 aliphatic rings. The van der Waals surface area contributed by atoms with E-state index in [-0.39, 0.29) is 0 Å². The molecule has 0 bridgehead atoms. The number of ether oxygens (including phenoxy) is 1. The van der Waals surface area contributed by atoms with Crippen LogP contribution < -0.4 is 15.0 Å². The molecule has 2 heterocycles. The summed E-state index contributed by atoms with van der Waals surface area (Å²) in [5.74, 6) is 3.34. The van der Waals surface area contributed by atoms with E-state index in [1.54, 1.807) is 7.11 Å². The van der Waals surface area contributed by atoms with Crippen molar-refractivity contribution in [3.05, 3.63) is 35.7 Å². The molecule has 128 valence electrons. The first kappa shape index (κ1) is 16.5. The van der Waals surface area contributed by atoms with Gasteiger partial charge in [0, 0.05) is 32.2 Å². The van der Waals surface area contributed by atoms with E-state index in [9.17, 15) is 0 Å². The Morgan fingerprint density at radius 2 is 1.79 bits per heavy atom. The summed E-state index contributed by atoms with van der Waals surface area (Å²) in [6.07, 6.45) is 0. The summed E-state index contributed by atoms with van der Waals surface area (Å²) in [6, 6.07) is 8.07. The summed E-state index contributed by atoms with van der Waals surface area (Å²) < 4.78 is 5.44. The number of aryl methyl sites for hydroxylation is 2. The number of rotatable bonds is 4. The number of nitrogens with zero attached hydrogens (tertiary/aromatic N) is 4. The molecule has 1 aliphatic heterocycles. The fraction of sp³-hybridized carbons (Fsp3) is 0.444. The number of benzene rings is 1. The molecule has 0 radical (unpaired) electrons. The lowest BCUT2D eigenvalue weighted by atomic mass is 10.2. The molecule has 0 unspecified atom stereocenters. The van der Waals surface area contributed by atoms with Crippen LogP contribution in [0.25, 0.3) is 0 Å². The smallest absolute Gasteiger partial charge is 0.142 e. The van der Waals surface area contributed by atoms with Gasteiger partial charge in [-0.3, -0.25) is 0 Å². The second kappa shape index (κ2) is 7.05. The van der Waals surface area contributed by atoms with Crippen LogP contribution in [0.15, 0.2) is 24.3 Å². The molecule has 1 aromatic carbocycles. The number of likely N-dealkylation sites (N-methyl/N-ethyl adjacent to an activating group) is 1. The highest BCUT2D eigenvalue weighted by Gasteiger charge is 2.17. The SMILES string of the molecule is COc1ccc(C)cc1Nc1cc(N2CCN(C)CC2)nc(C)n1. The van der Waals surface area contributed by atoms with Crippen LogP contribution in [0.1, 0.15) is 11.4 Å². The highest BCUT2D eigenvalue weighted by molar-refractivity contribution is 5.66. The van der Waals surface area contributed by atoms with Crippen molar-refractivity contribution in [1.29, 1.82) is 0 Å². The van der Waals surface area contributed by atoms with Crippen LogP contribution in [0.5, 0.6) is 5.75 Å². The van der Waals surface area contributed by atoms with Crippen molar-refractivity contribution in [1.82, 2.24) is 14.9 Å². The molecule has 6 nitrogen and oxygen atoms in total. The van der Waals surface area contributed by atoms with Gasteiger partial charge in [0.15, 0.2) is 0 Å². The van der Waals surface area contributed by atoms with Gasteiger partial charge in [-0.1, -0.05) is 6.07 Å². The predicted molar refractivity (Wildman–Crippen MR) is 97.5 cm³/mol. The van der Waals surface area contributed by atoms with Crippen molar-refractivity contribution in [2.45, 2.75) is 13.8 Å². The quantitative estimate of drug-likeness (QED) is 0.931. The molecule has 0 spiro atoms. The van der Waals surface area contributed by atoms with Gasteiger partial charge in [0.25, 0.3) is 0 Å². The first-order chi connectivity index (χ1) is 11.5. The van der Waals surface area contributed by atoms with Crippen LogP contribution >= 0.6 is 0 Å². The predicted octanol–water partition coefficient (Wildman–Crippen LogP) is 2.60. The zero-order valence-corrected chi connectivity index (χ0v) is 14.8. The average molecular weight is 327 g/mol. The van der Waals surface area contributed by atoms with E-state index in [1.165, 1.54) is 5.56 Å². The Balaban J connectivity index is 1.85. The van der Waals surface area contributed by atoms with Gasteiger partial charge in [-0.15, -0.1) is 0 Å². The molecule has 3 rings (SSSR count). The fourth-order valence-electron chi connectivity index (χ4n) is 2.87. The van der Waals surface area contributed by atoms with Crippen molar-refractivity contribution >= 4 is 17.3 Å². The van der Waals surface area contributed by atoms with Gasteiger partial charge in [-0.25, -0.2) is 9.97 Å². The molecule has 0 saturated carbocycles. The van der Waals surface area contributed by atoms with Gasteiger partial charge in [0.2, 0.25) is 0 Å². The van der Waals surface area contributed by atoms with Gasteiger partial charge in [0.1, 0.15) is 23.2 Å². The Kier molecular flexibility index (Phi) is 4.85. The second-order valence-electron chi connectivity index (χ2n) is 6.28. The first-order valence-electron chi connectivity index (χ1n) is 8.26. The molecule has 1 N–H and O–H groups in total. The Bertz CT molecular complexity index is 711. The topological polar surface area (TPSA) is 53.5 Å². The lowest BCUT2D eigenvalue weighted by Crippen LogP contribution is -2.44. The summed E-state index contributed by atoms with van der Waals surface area (Å²) in [4.78, 5) is 13.8. The maximum atomic E-state index is 5.44. The molecule has 0 aliphatic carbocycles. The highest BCUT2D eigenvalue weighted by atomic mass is 16.5. The first-order valence-corrected chi connectivity index (χ1v) is 8.26. The van der Waals surface area contributed by atoms with E-state index >= 15 is 0 Å². The monoisotopic (exact) mass is 327 g/mol. The minimum atomic E-state index is 0.764. The lowest BCUT2D eigenvalue weighted by molar-refractivity contribution is 0.312. The summed E-state index contributed by atoms with van der Waals surface area (Å²) >= 11 is 0. The third-order valence-electron chi connectivity index (χ3n) is 4.27. The van der Waals surface area contributed by atoms with E-state index in [4.69, 9.17) is 4.74 Å². The molecule has 1 fully saturated rings. The highest BCUT2D eigenvalue weighted by Crippen LogP contribution is 2.29. The van der Waals surface area contributed by atoms with Crippen LogP contribution in [0.2, 0.25) is 0 Å². The van der Waals surface area contributed by atoms with Crippen molar-refractivity contribution in [3.8, 4) is 5.75 Å². The summed E-state index contributed by atoms with van der Waals surface area (Å²) in [5, 5.41) is 3.38. The second-order valence-corrected chi connectivity index (χ2v) is 6.28. The number of hydrogen-bond acceptors (Lipinski definition) is 6. The van der Waals surface area contributed by atoms with Crippen LogP contribution in [0, 0.1) is 13.8 Å². The zero-order valence-electron chi connectivity index (χ0n) is 14.8. The number of aromatic nitrogens is 2. The van der Waals surface area contributed by atoms with E-state index in [2.05, 4.69) is 45.1 Å². The normalized spacial score (nSPS) is 15.4. The number of piperazine rings is 1. The van der Waals surface area contributed by atoms with Gasteiger partial charge in [-0.2, -0.15) is 0 Å². The molecule has 2 aromatic rings. The fourth-order valence-corrected chi connectivity index (χ4v) is 2.87. The van der Waals surface area contributed by atoms with E-state index in [0.717, 1.165) is 55.1 Å². The lowest BCUT2D eigenvalue weighted by Gasteiger charge is -2.33. The number of anilines is 3. The molecular formula is C18H25N5O. The van der Waals surface area contributed by atoms with Crippen LogP contribution in [0.3, 0.4) is 0 Å². The van der Waals surface area contributed by atoms with E-state index in [0.29, 0.717) is 0 Å². The third kappa shape index (κ3) is 3.76. The molecule has 0 amide bonds. The van der Waals surface area contributed by atoms with E-state index < -0.39 is 0 Å². The average Bonchev–Trinajstić information content (AvgIpc) is 2.55. The maximum Gasteiger partial charge on any atom is 0.142 e. The zero-order chi connectivity index (χ0) is 17.1. The van der Waals surface area contributed by atoms with Crippen LogP contribution in [-0.2, 0) is 0 Å². The van der Waals surface area contributed by atoms with Gasteiger partial charge in [-0.05, 0) is 38.6 Å². The molecule has 1 saturated heterocycles. The number of methoxy groups -OCH3 is 1. The molecule has 6 heteroatoms. The number of nitrogens with one attached hydrogen (secondary N) is 1. The van der Waals surface area contributed by atoms with Crippen molar-refractivity contribution in [3.63, 3.8) is 0 Å². The molecule has 0 atom stereocenters. The Labute approximate surface area is 143 Å².